The highest BCUT2D eigenvalue weighted by Gasteiger charge is 2.11. The number of benzene rings is 3. The Labute approximate surface area is 205 Å². The molecule has 0 radical (unpaired) electrons. The summed E-state index contributed by atoms with van der Waals surface area (Å²) in [5, 5.41) is 13.9. The van der Waals surface area contributed by atoms with Crippen molar-refractivity contribution in [1.82, 2.24) is 9.88 Å². The number of carbonyl (C=O) groups excluding carboxylic acids is 1. The Hall–Kier alpha value is -4.47. The number of hydrogen-bond acceptors (Lipinski definition) is 6. The lowest BCUT2D eigenvalue weighted by molar-refractivity contribution is -0.114. The maximum Gasteiger partial charge on any atom is 0.159 e. The van der Waals surface area contributed by atoms with Gasteiger partial charge in [-0.2, -0.15) is 5.26 Å². The average Bonchev–Trinajstić information content (AvgIpc) is 2.86. The van der Waals surface area contributed by atoms with Crippen LogP contribution in [-0.4, -0.2) is 36.3 Å². The summed E-state index contributed by atoms with van der Waals surface area (Å²) in [5.74, 6) is 1.50. The summed E-state index contributed by atoms with van der Waals surface area (Å²) >= 11 is 0. The largest absolute Gasteiger partial charge is 0.457 e. The molecule has 6 nitrogen and oxygen atoms in total. The number of nitrogens with zero attached hydrogens (tertiary/aromatic N) is 3. The van der Waals surface area contributed by atoms with Crippen LogP contribution in [0.15, 0.2) is 91.1 Å². The highest BCUT2D eigenvalue weighted by molar-refractivity contribution is 5.97. The van der Waals surface area contributed by atoms with Crippen LogP contribution in [0.5, 0.6) is 11.5 Å². The van der Waals surface area contributed by atoms with E-state index in [4.69, 9.17) is 4.74 Å². The fraction of sp³-hybridized carbons (Fsp3) is 0.138. The molecular weight excluding hydrogens is 436 g/mol. The number of ether oxygens (including phenoxy) is 1. The summed E-state index contributed by atoms with van der Waals surface area (Å²) in [4.78, 5) is 18.8. The molecule has 0 bridgehead atoms. The van der Waals surface area contributed by atoms with Gasteiger partial charge >= 0.3 is 0 Å². The first-order valence-electron chi connectivity index (χ1n) is 11.3. The van der Waals surface area contributed by atoms with E-state index in [1.807, 2.05) is 97.9 Å². The van der Waals surface area contributed by atoms with Crippen molar-refractivity contribution in [1.29, 1.82) is 5.26 Å². The van der Waals surface area contributed by atoms with Gasteiger partial charge < -0.3 is 15.0 Å². The van der Waals surface area contributed by atoms with E-state index in [-0.39, 0.29) is 12.2 Å². The molecule has 0 spiro atoms. The summed E-state index contributed by atoms with van der Waals surface area (Å²) in [6.07, 6.45) is 5.32. The molecule has 0 unspecified atom stereocenters. The Morgan fingerprint density at radius 2 is 1.80 bits per heavy atom. The maximum atomic E-state index is 12.4. The molecule has 174 valence electrons. The van der Waals surface area contributed by atoms with E-state index >= 15 is 0 Å². The van der Waals surface area contributed by atoms with Crippen LogP contribution in [-0.2, 0) is 11.2 Å². The van der Waals surface area contributed by atoms with Crippen molar-refractivity contribution in [3.8, 4) is 17.6 Å². The molecular formula is C29H26N4O2. The van der Waals surface area contributed by atoms with Gasteiger partial charge in [-0.25, -0.2) is 0 Å². The van der Waals surface area contributed by atoms with Crippen LogP contribution in [0.3, 0.4) is 0 Å². The third-order valence-corrected chi connectivity index (χ3v) is 5.31. The molecule has 6 heteroatoms. The lowest BCUT2D eigenvalue weighted by Crippen LogP contribution is -2.11. The maximum absolute atomic E-state index is 12.4. The molecule has 0 amide bonds. The zero-order chi connectivity index (χ0) is 24.6. The number of para-hydroxylation sites is 1. The first-order chi connectivity index (χ1) is 17.0. The number of fused-ring (bicyclic) bond motifs is 1. The van der Waals surface area contributed by atoms with Gasteiger partial charge in [0, 0.05) is 30.2 Å². The number of nitriles is 1. The Kier molecular flexibility index (Phi) is 7.51. The van der Waals surface area contributed by atoms with Crippen LogP contribution >= 0.6 is 0 Å². The van der Waals surface area contributed by atoms with E-state index in [2.05, 4.69) is 16.4 Å². The number of anilines is 2. The van der Waals surface area contributed by atoms with Crippen LogP contribution in [0, 0.1) is 11.3 Å². The van der Waals surface area contributed by atoms with Gasteiger partial charge in [0.15, 0.2) is 5.78 Å². The summed E-state index contributed by atoms with van der Waals surface area (Å²) in [7, 11) is 3.91. The van der Waals surface area contributed by atoms with Crippen LogP contribution in [0.25, 0.3) is 10.9 Å². The second-order valence-electron chi connectivity index (χ2n) is 8.38. The molecule has 35 heavy (non-hydrogen) atoms. The van der Waals surface area contributed by atoms with Gasteiger partial charge in [0.05, 0.1) is 16.8 Å². The molecule has 0 aliphatic rings. The molecule has 4 rings (SSSR count). The van der Waals surface area contributed by atoms with E-state index < -0.39 is 0 Å². The first-order valence-corrected chi connectivity index (χ1v) is 11.3. The molecule has 1 heterocycles. The van der Waals surface area contributed by atoms with Gasteiger partial charge in [-0.05, 0) is 74.3 Å². The Balaban J connectivity index is 1.57. The van der Waals surface area contributed by atoms with Crippen molar-refractivity contribution in [3.05, 3.63) is 102 Å². The standard InChI is InChI=1S/C29H26N4O2/c1-33(2)16-6-7-24(34)17-21-10-15-28-27(18-21)29(22(19-30)20-31-28)32-23-11-13-26(14-12-23)35-25-8-4-3-5-9-25/h3-15,18,20H,16-17H2,1-2H3,(H,31,32)/b7-6+. The fourth-order valence-corrected chi connectivity index (χ4v) is 3.60. The topological polar surface area (TPSA) is 78.2 Å². The molecule has 1 aromatic heterocycles. The van der Waals surface area contributed by atoms with E-state index in [1.54, 1.807) is 12.3 Å². The summed E-state index contributed by atoms with van der Waals surface area (Å²) in [6.45, 7) is 0.710. The Bertz CT molecular complexity index is 1390. The number of carbonyl (C=O) groups is 1. The lowest BCUT2D eigenvalue weighted by atomic mass is 10.0. The monoisotopic (exact) mass is 462 g/mol. The van der Waals surface area contributed by atoms with Crippen molar-refractivity contribution < 1.29 is 9.53 Å². The summed E-state index contributed by atoms with van der Waals surface area (Å²) < 4.78 is 5.86. The number of likely N-dealkylation sites (N-methyl/N-ethyl adjacent to an activating group) is 1. The minimum absolute atomic E-state index is 0.0270. The van der Waals surface area contributed by atoms with Gasteiger partial charge in [0.2, 0.25) is 0 Å². The van der Waals surface area contributed by atoms with Crippen LogP contribution < -0.4 is 10.1 Å². The van der Waals surface area contributed by atoms with Crippen molar-refractivity contribution in [2.24, 2.45) is 0 Å². The molecule has 4 aromatic rings. The minimum atomic E-state index is 0.0270. The second-order valence-corrected chi connectivity index (χ2v) is 8.38. The minimum Gasteiger partial charge on any atom is -0.457 e. The number of pyridine rings is 1. The number of hydrogen-bond donors (Lipinski definition) is 1. The first kappa shape index (κ1) is 23.7. The fourth-order valence-electron chi connectivity index (χ4n) is 3.60. The van der Waals surface area contributed by atoms with Gasteiger partial charge in [-0.3, -0.25) is 9.78 Å². The number of rotatable bonds is 9. The molecule has 0 atom stereocenters. The molecule has 0 saturated heterocycles. The van der Waals surface area contributed by atoms with E-state index in [0.717, 1.165) is 27.9 Å². The highest BCUT2D eigenvalue weighted by atomic mass is 16.5. The smallest absolute Gasteiger partial charge is 0.159 e. The summed E-state index contributed by atoms with van der Waals surface area (Å²) in [5.41, 5.74) is 3.50. The van der Waals surface area contributed by atoms with E-state index in [1.165, 1.54) is 0 Å². The summed E-state index contributed by atoms with van der Waals surface area (Å²) in [6, 6.07) is 25.0. The molecule has 0 saturated carbocycles. The predicted octanol–water partition coefficient (Wildman–Crippen LogP) is 5.87. The van der Waals surface area contributed by atoms with E-state index in [9.17, 15) is 10.1 Å². The third-order valence-electron chi connectivity index (χ3n) is 5.31. The third kappa shape index (κ3) is 6.32. The van der Waals surface area contributed by atoms with Crippen LogP contribution in [0.2, 0.25) is 0 Å². The van der Waals surface area contributed by atoms with Gasteiger partial charge in [0.1, 0.15) is 17.6 Å². The molecule has 0 aliphatic heterocycles. The van der Waals surface area contributed by atoms with Gasteiger partial charge in [-0.15, -0.1) is 0 Å². The normalized spacial score (nSPS) is 11.0. The van der Waals surface area contributed by atoms with Crippen LogP contribution in [0.1, 0.15) is 11.1 Å². The number of ketones is 1. The van der Waals surface area contributed by atoms with Crippen molar-refractivity contribution >= 4 is 28.1 Å². The molecule has 3 aromatic carbocycles. The van der Waals surface area contributed by atoms with E-state index in [0.29, 0.717) is 23.5 Å². The highest BCUT2D eigenvalue weighted by Crippen LogP contribution is 2.31. The zero-order valence-electron chi connectivity index (χ0n) is 19.7. The van der Waals surface area contributed by atoms with Crippen LogP contribution in [0.4, 0.5) is 11.4 Å². The molecule has 0 aliphatic carbocycles. The number of aromatic nitrogens is 1. The Morgan fingerprint density at radius 1 is 1.06 bits per heavy atom. The van der Waals surface area contributed by atoms with Crippen molar-refractivity contribution in [2.75, 3.05) is 26.0 Å². The Morgan fingerprint density at radius 3 is 2.51 bits per heavy atom. The molecule has 1 N–H and O–H groups in total. The predicted molar refractivity (Wildman–Crippen MR) is 139 cm³/mol. The SMILES string of the molecule is CN(C)C/C=C/C(=O)Cc1ccc2ncc(C#N)c(Nc3ccc(Oc4ccccc4)cc3)c2c1. The lowest BCUT2D eigenvalue weighted by Gasteiger charge is -2.13. The number of allylic oxidation sites excluding steroid dienone is 1. The molecule has 0 fully saturated rings. The average molecular weight is 463 g/mol. The van der Waals surface area contributed by atoms with Gasteiger partial charge in [-0.1, -0.05) is 30.3 Å². The van der Waals surface area contributed by atoms with Gasteiger partial charge in [0.25, 0.3) is 0 Å². The second kappa shape index (κ2) is 11.1. The quantitative estimate of drug-likeness (QED) is 0.313. The number of nitrogens with one attached hydrogen (secondary N) is 1. The van der Waals surface area contributed by atoms with Crippen molar-refractivity contribution in [3.63, 3.8) is 0 Å². The zero-order valence-corrected chi connectivity index (χ0v) is 19.7. The van der Waals surface area contributed by atoms with Crippen molar-refractivity contribution in [2.45, 2.75) is 6.42 Å².